The summed E-state index contributed by atoms with van der Waals surface area (Å²) in [6, 6.07) is 10.8. The topological polar surface area (TPSA) is 156 Å². The Hall–Kier alpha value is -3.54. The Morgan fingerprint density at radius 3 is 2.43 bits per heavy atom. The van der Waals surface area contributed by atoms with Crippen molar-refractivity contribution in [1.29, 1.82) is 0 Å². The van der Waals surface area contributed by atoms with Crippen LogP contribution in [0.15, 0.2) is 64.0 Å². The lowest BCUT2D eigenvalue weighted by atomic mass is 9.99. The van der Waals surface area contributed by atoms with E-state index in [0.29, 0.717) is 11.3 Å². The number of ether oxygens (including phenoxy) is 3. The predicted octanol–water partition coefficient (Wildman–Crippen LogP) is 0.876. The zero-order chi connectivity index (χ0) is 25.1. The number of carbonyl (C=O) groups is 1. The number of allylic oxidation sites excluding steroid dienone is 1. The molecule has 3 aromatic rings. The third kappa shape index (κ3) is 5.11. The van der Waals surface area contributed by atoms with Gasteiger partial charge in [-0.3, -0.25) is 9.59 Å². The highest BCUT2D eigenvalue weighted by Crippen LogP contribution is 2.26. The summed E-state index contributed by atoms with van der Waals surface area (Å²) in [6.45, 7) is -0.589. The van der Waals surface area contributed by atoms with Crippen molar-refractivity contribution in [2.24, 2.45) is 0 Å². The van der Waals surface area contributed by atoms with Crippen LogP contribution < -0.4 is 14.9 Å². The van der Waals surface area contributed by atoms with E-state index in [0.717, 1.165) is 0 Å². The molecule has 0 radical (unpaired) electrons. The average molecular weight is 484 g/mol. The standard InChI is InChI=1S/C25H24O10/c1-32-15-5-2-13(3-6-15)18(27)9-4-14-12-33-19-10-16(7-8-17(19)21(14)28)34-25-24(31)23(30)22(29)20(11-26)35-25/h2-10,12,20,22-26,29-31H,11H2,1H3/b9-4+/t20-,22-,23+,24-,25-/m1/s1. The van der Waals surface area contributed by atoms with Crippen LogP contribution in [-0.4, -0.2) is 70.6 Å². The fraction of sp³-hybridized carbons (Fsp3) is 0.280. The van der Waals surface area contributed by atoms with Gasteiger partial charge in [0, 0.05) is 11.6 Å². The summed E-state index contributed by atoms with van der Waals surface area (Å²) in [6.07, 6.45) is -3.31. The molecule has 4 rings (SSSR count). The Kier molecular flexibility index (Phi) is 7.29. The number of benzene rings is 2. The van der Waals surface area contributed by atoms with Gasteiger partial charge < -0.3 is 39.1 Å². The largest absolute Gasteiger partial charge is 0.497 e. The molecule has 5 atom stereocenters. The van der Waals surface area contributed by atoms with E-state index in [2.05, 4.69) is 0 Å². The molecule has 0 bridgehead atoms. The molecule has 1 aliphatic rings. The number of aliphatic hydroxyl groups excluding tert-OH is 4. The van der Waals surface area contributed by atoms with Crippen LogP contribution in [0.1, 0.15) is 15.9 Å². The van der Waals surface area contributed by atoms with E-state index in [1.807, 2.05) is 0 Å². The number of methoxy groups -OCH3 is 1. The Morgan fingerprint density at radius 1 is 1.03 bits per heavy atom. The third-order valence-corrected chi connectivity index (χ3v) is 5.66. The van der Waals surface area contributed by atoms with Crippen molar-refractivity contribution in [1.82, 2.24) is 0 Å². The van der Waals surface area contributed by atoms with E-state index in [4.69, 9.17) is 18.6 Å². The monoisotopic (exact) mass is 484 g/mol. The Balaban J connectivity index is 1.52. The van der Waals surface area contributed by atoms with E-state index in [1.165, 1.54) is 43.7 Å². The molecule has 0 aliphatic carbocycles. The second kappa shape index (κ2) is 10.4. The number of hydrogen-bond acceptors (Lipinski definition) is 10. The smallest absolute Gasteiger partial charge is 0.229 e. The van der Waals surface area contributed by atoms with Crippen molar-refractivity contribution in [3.8, 4) is 11.5 Å². The van der Waals surface area contributed by atoms with Crippen LogP contribution in [0.2, 0.25) is 0 Å². The molecule has 1 saturated heterocycles. The number of hydrogen-bond donors (Lipinski definition) is 4. The van der Waals surface area contributed by atoms with Gasteiger partial charge in [-0.25, -0.2) is 0 Å². The molecule has 1 aliphatic heterocycles. The number of aliphatic hydroxyl groups is 4. The Morgan fingerprint density at radius 2 is 1.74 bits per heavy atom. The van der Waals surface area contributed by atoms with Gasteiger partial charge in [0.1, 0.15) is 47.8 Å². The molecular formula is C25H24O10. The summed E-state index contributed by atoms with van der Waals surface area (Å²) < 4.78 is 21.5. The molecule has 35 heavy (non-hydrogen) atoms. The van der Waals surface area contributed by atoms with Gasteiger partial charge in [-0.2, -0.15) is 0 Å². The maximum Gasteiger partial charge on any atom is 0.229 e. The minimum Gasteiger partial charge on any atom is -0.497 e. The summed E-state index contributed by atoms with van der Waals surface area (Å²) in [5, 5.41) is 39.4. The van der Waals surface area contributed by atoms with Crippen LogP contribution in [0, 0.1) is 0 Å². The molecule has 0 saturated carbocycles. The van der Waals surface area contributed by atoms with Crippen molar-refractivity contribution in [3.05, 3.63) is 76.2 Å². The van der Waals surface area contributed by atoms with Gasteiger partial charge in [0.25, 0.3) is 0 Å². The van der Waals surface area contributed by atoms with Crippen LogP contribution in [0.5, 0.6) is 11.5 Å². The van der Waals surface area contributed by atoms with Crippen LogP contribution in [0.3, 0.4) is 0 Å². The molecule has 0 unspecified atom stereocenters. The van der Waals surface area contributed by atoms with E-state index in [9.17, 15) is 30.0 Å². The van der Waals surface area contributed by atoms with Crippen LogP contribution in [-0.2, 0) is 4.74 Å². The maximum atomic E-state index is 12.8. The second-order valence-electron chi connectivity index (χ2n) is 7.92. The SMILES string of the molecule is COc1ccc(C(=O)/C=C/c2coc3cc(O[C@@H]4O[C@H](CO)[C@@H](O)[C@H](O)[C@H]4O)ccc3c2=O)cc1. The second-order valence-corrected chi connectivity index (χ2v) is 7.92. The number of rotatable bonds is 7. The summed E-state index contributed by atoms with van der Waals surface area (Å²) in [5.74, 6) is 0.481. The third-order valence-electron chi connectivity index (χ3n) is 5.66. The highest BCUT2D eigenvalue weighted by atomic mass is 16.7. The summed E-state index contributed by atoms with van der Waals surface area (Å²) in [4.78, 5) is 25.2. The maximum absolute atomic E-state index is 12.8. The van der Waals surface area contributed by atoms with Gasteiger partial charge in [0.15, 0.2) is 11.2 Å². The number of ketones is 1. The lowest BCUT2D eigenvalue weighted by Gasteiger charge is -2.39. The van der Waals surface area contributed by atoms with Crippen molar-refractivity contribution in [2.75, 3.05) is 13.7 Å². The molecule has 0 spiro atoms. The number of fused-ring (bicyclic) bond motifs is 1. The first kappa shape index (κ1) is 24.6. The van der Waals surface area contributed by atoms with Gasteiger partial charge in [-0.15, -0.1) is 0 Å². The first-order chi connectivity index (χ1) is 16.8. The van der Waals surface area contributed by atoms with E-state index in [1.54, 1.807) is 24.3 Å². The van der Waals surface area contributed by atoms with Crippen molar-refractivity contribution in [3.63, 3.8) is 0 Å². The molecular weight excluding hydrogens is 460 g/mol. The fourth-order valence-electron chi connectivity index (χ4n) is 3.63. The zero-order valence-corrected chi connectivity index (χ0v) is 18.6. The summed E-state index contributed by atoms with van der Waals surface area (Å²) in [7, 11) is 1.53. The highest BCUT2D eigenvalue weighted by Gasteiger charge is 2.44. The Labute approximate surface area is 199 Å². The highest BCUT2D eigenvalue weighted by molar-refractivity contribution is 6.06. The Bertz CT molecular complexity index is 1280. The minimum atomic E-state index is -1.58. The van der Waals surface area contributed by atoms with Crippen molar-refractivity contribution >= 4 is 22.8 Å². The van der Waals surface area contributed by atoms with Gasteiger partial charge in [-0.05, 0) is 48.6 Å². The minimum absolute atomic E-state index is 0.156. The lowest BCUT2D eigenvalue weighted by molar-refractivity contribution is -0.277. The summed E-state index contributed by atoms with van der Waals surface area (Å²) in [5.41, 5.74) is 0.407. The van der Waals surface area contributed by atoms with Crippen LogP contribution >= 0.6 is 0 Å². The lowest BCUT2D eigenvalue weighted by Crippen LogP contribution is -2.60. The normalized spacial score (nSPS) is 24.5. The molecule has 2 aromatic carbocycles. The van der Waals surface area contributed by atoms with Gasteiger partial charge in [0.05, 0.1) is 24.7 Å². The van der Waals surface area contributed by atoms with Crippen molar-refractivity contribution < 1.29 is 43.8 Å². The zero-order valence-electron chi connectivity index (χ0n) is 18.6. The fourth-order valence-corrected chi connectivity index (χ4v) is 3.63. The molecule has 10 heteroatoms. The first-order valence-electron chi connectivity index (χ1n) is 10.7. The quantitative estimate of drug-likeness (QED) is 0.280. The first-order valence-corrected chi connectivity index (χ1v) is 10.7. The van der Waals surface area contributed by atoms with E-state index < -0.39 is 37.3 Å². The molecule has 4 N–H and O–H groups in total. The number of carbonyl (C=O) groups excluding carboxylic acids is 1. The van der Waals surface area contributed by atoms with E-state index >= 15 is 0 Å². The average Bonchev–Trinajstić information content (AvgIpc) is 2.88. The molecule has 10 nitrogen and oxygen atoms in total. The van der Waals surface area contributed by atoms with Gasteiger partial charge in [-0.1, -0.05) is 0 Å². The van der Waals surface area contributed by atoms with Crippen molar-refractivity contribution in [2.45, 2.75) is 30.7 Å². The van der Waals surface area contributed by atoms with Gasteiger partial charge >= 0.3 is 0 Å². The van der Waals surface area contributed by atoms with Crippen LogP contribution in [0.4, 0.5) is 0 Å². The molecule has 2 heterocycles. The molecule has 1 fully saturated rings. The molecule has 184 valence electrons. The van der Waals surface area contributed by atoms with Crippen LogP contribution in [0.25, 0.3) is 17.0 Å². The molecule has 1 aromatic heterocycles. The molecule has 0 amide bonds. The van der Waals surface area contributed by atoms with Gasteiger partial charge in [0.2, 0.25) is 6.29 Å². The van der Waals surface area contributed by atoms with E-state index in [-0.39, 0.29) is 33.5 Å². The summed E-state index contributed by atoms with van der Waals surface area (Å²) >= 11 is 0. The predicted molar refractivity (Wildman–Crippen MR) is 123 cm³/mol.